The zero-order valence-electron chi connectivity index (χ0n) is 16.7. The van der Waals surface area contributed by atoms with Crippen LogP contribution in [0, 0.1) is 0 Å². The molecule has 0 amide bonds. The van der Waals surface area contributed by atoms with Crippen LogP contribution in [0.1, 0.15) is 39.0 Å². The number of hydrogen-bond donors (Lipinski definition) is 0. The number of anilines is 1. The molecule has 1 aromatic heterocycles. The van der Waals surface area contributed by atoms with Gasteiger partial charge in [0.15, 0.2) is 0 Å². The summed E-state index contributed by atoms with van der Waals surface area (Å²) in [7, 11) is 2.05. The van der Waals surface area contributed by atoms with Crippen molar-refractivity contribution in [3.05, 3.63) is 33.8 Å². The summed E-state index contributed by atoms with van der Waals surface area (Å²) in [5.41, 5.74) is 1.01. The second kappa shape index (κ2) is 12.0. The predicted octanol–water partition coefficient (Wildman–Crippen LogP) is 5.74. The van der Waals surface area contributed by atoms with E-state index in [1.54, 1.807) is 17.8 Å². The molecule has 1 atom stereocenters. The molecule has 154 valence electrons. The molecule has 4 nitrogen and oxygen atoms in total. The van der Waals surface area contributed by atoms with Gasteiger partial charge in [0, 0.05) is 40.3 Å². The van der Waals surface area contributed by atoms with E-state index < -0.39 is 0 Å². The van der Waals surface area contributed by atoms with Gasteiger partial charge in [0.25, 0.3) is 0 Å². The van der Waals surface area contributed by atoms with Crippen molar-refractivity contribution in [3.63, 3.8) is 0 Å². The third-order valence-corrected chi connectivity index (χ3v) is 7.58. The highest BCUT2D eigenvalue weighted by atomic mass is 127. The minimum Gasteiger partial charge on any atom is -0.465 e. The summed E-state index contributed by atoms with van der Waals surface area (Å²) in [5, 5.41) is 1.14. The first-order valence-electron chi connectivity index (χ1n) is 9.60. The SMILES string of the molecule is CCC(I)C(=O)OCCCCCCN(C)c1cc(=O)sc2cc(SC)ccc12. The summed E-state index contributed by atoms with van der Waals surface area (Å²) >= 11 is 5.13. The Morgan fingerprint density at radius 2 is 2.00 bits per heavy atom. The van der Waals surface area contributed by atoms with Gasteiger partial charge in [-0.1, -0.05) is 53.3 Å². The number of unbranched alkanes of at least 4 members (excludes halogenated alkanes) is 3. The lowest BCUT2D eigenvalue weighted by atomic mass is 10.1. The number of ether oxygens (including phenoxy) is 1. The molecule has 0 saturated heterocycles. The van der Waals surface area contributed by atoms with Crippen molar-refractivity contribution in [1.82, 2.24) is 0 Å². The Labute approximate surface area is 189 Å². The first-order chi connectivity index (χ1) is 13.5. The van der Waals surface area contributed by atoms with Crippen LogP contribution in [0.25, 0.3) is 10.1 Å². The van der Waals surface area contributed by atoms with Crippen molar-refractivity contribution in [2.24, 2.45) is 0 Å². The molecule has 0 aliphatic heterocycles. The number of hydrogen-bond acceptors (Lipinski definition) is 6. The van der Waals surface area contributed by atoms with Gasteiger partial charge in [0.1, 0.15) is 3.92 Å². The summed E-state index contributed by atoms with van der Waals surface area (Å²) < 4.78 is 6.38. The Bertz CT molecular complexity index is 840. The Hall–Kier alpha value is -0.800. The van der Waals surface area contributed by atoms with Crippen molar-refractivity contribution >= 4 is 67.4 Å². The lowest BCUT2D eigenvalue weighted by molar-refractivity contribution is -0.142. The molecule has 7 heteroatoms. The minimum atomic E-state index is -0.0992. The van der Waals surface area contributed by atoms with Gasteiger partial charge in [0.2, 0.25) is 4.74 Å². The summed E-state index contributed by atoms with van der Waals surface area (Å²) in [6.45, 7) is 3.40. The molecule has 1 heterocycles. The lowest BCUT2D eigenvalue weighted by Gasteiger charge is -2.21. The highest BCUT2D eigenvalue weighted by Crippen LogP contribution is 2.30. The molecule has 2 rings (SSSR count). The number of esters is 1. The molecule has 28 heavy (non-hydrogen) atoms. The summed E-state index contributed by atoms with van der Waals surface area (Å²) in [5.74, 6) is -0.0992. The fraction of sp³-hybridized carbons (Fsp3) is 0.524. The fourth-order valence-corrected chi connectivity index (χ4v) is 4.47. The Balaban J connectivity index is 1.81. The first kappa shape index (κ1) is 23.5. The molecule has 1 aromatic carbocycles. The van der Waals surface area contributed by atoms with E-state index in [1.165, 1.54) is 16.2 Å². The minimum absolute atomic E-state index is 0.0363. The smallest absolute Gasteiger partial charge is 0.318 e. The van der Waals surface area contributed by atoms with E-state index in [1.807, 2.05) is 13.2 Å². The monoisotopic (exact) mass is 533 g/mol. The third-order valence-electron chi connectivity index (χ3n) is 4.59. The van der Waals surface area contributed by atoms with Gasteiger partial charge in [-0.15, -0.1) is 11.8 Å². The van der Waals surface area contributed by atoms with E-state index in [4.69, 9.17) is 4.74 Å². The van der Waals surface area contributed by atoms with Crippen LogP contribution in [0.4, 0.5) is 5.69 Å². The highest BCUT2D eigenvalue weighted by Gasteiger charge is 2.13. The second-order valence-corrected chi connectivity index (χ2v) is 10.1. The molecule has 0 aliphatic carbocycles. The van der Waals surface area contributed by atoms with Crippen LogP contribution in [-0.2, 0) is 9.53 Å². The predicted molar refractivity (Wildman–Crippen MR) is 131 cm³/mol. The maximum Gasteiger partial charge on any atom is 0.318 e. The maximum atomic E-state index is 12.1. The summed E-state index contributed by atoms with van der Waals surface area (Å²) in [6, 6.07) is 8.08. The lowest BCUT2D eigenvalue weighted by Crippen LogP contribution is -2.20. The number of benzene rings is 1. The number of fused-ring (bicyclic) bond motifs is 1. The number of rotatable bonds is 11. The van der Waals surface area contributed by atoms with Crippen LogP contribution in [0.2, 0.25) is 0 Å². The third kappa shape index (κ3) is 6.91. The van der Waals surface area contributed by atoms with Crippen LogP contribution in [0.3, 0.4) is 0 Å². The van der Waals surface area contributed by atoms with Gasteiger partial charge >= 0.3 is 5.97 Å². The number of thioether (sulfide) groups is 1. The average molecular weight is 533 g/mol. The molecule has 0 aliphatic rings. The molecule has 0 fully saturated rings. The molecule has 0 N–H and O–H groups in total. The highest BCUT2D eigenvalue weighted by molar-refractivity contribution is 14.1. The Kier molecular flexibility index (Phi) is 10.1. The van der Waals surface area contributed by atoms with Gasteiger partial charge in [0.05, 0.1) is 6.61 Å². The number of carbonyl (C=O) groups excluding carboxylic acids is 1. The zero-order chi connectivity index (χ0) is 20.5. The molecular weight excluding hydrogens is 505 g/mol. The molecule has 2 aromatic rings. The normalized spacial score (nSPS) is 12.1. The van der Waals surface area contributed by atoms with E-state index in [9.17, 15) is 9.59 Å². The average Bonchev–Trinajstić information content (AvgIpc) is 2.70. The molecule has 0 spiro atoms. The van der Waals surface area contributed by atoms with Crippen molar-refractivity contribution in [1.29, 1.82) is 0 Å². The summed E-state index contributed by atoms with van der Waals surface area (Å²) in [6.07, 6.45) is 6.93. The standard InChI is InChI=1S/C21H28INO3S2/c1-4-17(22)21(25)26-12-8-6-5-7-11-23(2)18-14-20(24)28-19-13-15(27-3)9-10-16(18)19/h9-10,13-14,17H,4-8,11-12H2,1-3H3. The number of halogens is 1. The first-order valence-corrected chi connectivity index (χ1v) is 12.9. The van der Waals surface area contributed by atoms with Crippen molar-refractivity contribution in [3.8, 4) is 0 Å². The molecule has 0 saturated carbocycles. The van der Waals surface area contributed by atoms with Gasteiger partial charge < -0.3 is 9.64 Å². The molecule has 0 bridgehead atoms. The van der Waals surface area contributed by atoms with Gasteiger partial charge in [-0.3, -0.25) is 9.59 Å². The van der Waals surface area contributed by atoms with E-state index in [-0.39, 0.29) is 14.6 Å². The van der Waals surface area contributed by atoms with E-state index in [0.29, 0.717) is 6.61 Å². The van der Waals surface area contributed by atoms with Crippen molar-refractivity contribution < 1.29 is 9.53 Å². The number of carbonyl (C=O) groups is 1. The number of nitrogens with zero attached hydrogens (tertiary/aromatic N) is 1. The fourth-order valence-electron chi connectivity index (χ4n) is 2.92. The van der Waals surface area contributed by atoms with Gasteiger partial charge in [-0.2, -0.15) is 0 Å². The van der Waals surface area contributed by atoms with Gasteiger partial charge in [-0.05, 0) is 44.1 Å². The largest absolute Gasteiger partial charge is 0.465 e. The molecule has 0 radical (unpaired) electrons. The summed E-state index contributed by atoms with van der Waals surface area (Å²) in [4.78, 5) is 27.1. The Morgan fingerprint density at radius 3 is 2.71 bits per heavy atom. The van der Waals surface area contributed by atoms with Crippen LogP contribution in [-0.4, -0.2) is 36.3 Å². The Morgan fingerprint density at radius 1 is 1.25 bits per heavy atom. The van der Waals surface area contributed by atoms with Crippen molar-refractivity contribution in [2.75, 3.05) is 31.4 Å². The van der Waals surface area contributed by atoms with E-state index in [2.05, 4.69) is 52.7 Å². The molecule has 1 unspecified atom stereocenters. The van der Waals surface area contributed by atoms with E-state index in [0.717, 1.165) is 54.4 Å². The van der Waals surface area contributed by atoms with Crippen molar-refractivity contribution in [2.45, 2.75) is 47.8 Å². The number of alkyl halides is 1. The molecular formula is C21H28INO3S2. The van der Waals surface area contributed by atoms with Gasteiger partial charge in [-0.25, -0.2) is 0 Å². The van der Waals surface area contributed by atoms with Crippen LogP contribution < -0.4 is 9.64 Å². The van der Waals surface area contributed by atoms with E-state index >= 15 is 0 Å². The second-order valence-electron chi connectivity index (χ2n) is 6.69. The van der Waals surface area contributed by atoms with Crippen LogP contribution in [0.5, 0.6) is 0 Å². The zero-order valence-corrected chi connectivity index (χ0v) is 20.5. The van der Waals surface area contributed by atoms with Crippen LogP contribution in [0.15, 0.2) is 34.0 Å². The maximum absolute atomic E-state index is 12.1. The topological polar surface area (TPSA) is 46.6 Å². The van der Waals surface area contributed by atoms with Crippen LogP contribution >= 0.6 is 45.7 Å². The quantitative estimate of drug-likeness (QED) is 0.121.